The summed E-state index contributed by atoms with van der Waals surface area (Å²) in [6.45, 7) is 4.36. The molecule has 2 nitrogen and oxygen atoms in total. The maximum absolute atomic E-state index is 6.39. The zero-order valence-corrected chi connectivity index (χ0v) is 14.4. The highest BCUT2D eigenvalue weighted by Gasteiger charge is 2.27. The van der Waals surface area contributed by atoms with Crippen molar-refractivity contribution in [2.45, 2.75) is 38.4 Å². The molecular formula is C17H23ClN2S. The lowest BCUT2D eigenvalue weighted by Gasteiger charge is -2.36. The molecular weight excluding hydrogens is 300 g/mol. The van der Waals surface area contributed by atoms with Gasteiger partial charge in [0.15, 0.2) is 0 Å². The third-order valence-corrected chi connectivity index (χ3v) is 5.12. The SMILES string of the molecule is CCC(N)C(c1ccsc1)N(C)C(C)c1ccc(Cl)cc1. The molecule has 1 aromatic heterocycles. The van der Waals surface area contributed by atoms with E-state index in [9.17, 15) is 0 Å². The highest BCUT2D eigenvalue weighted by Crippen LogP contribution is 2.32. The number of halogens is 1. The van der Waals surface area contributed by atoms with Gasteiger partial charge in [-0.2, -0.15) is 11.3 Å². The lowest BCUT2D eigenvalue weighted by Crippen LogP contribution is -2.39. The predicted molar refractivity (Wildman–Crippen MR) is 93.0 cm³/mol. The molecule has 3 atom stereocenters. The normalized spacial score (nSPS) is 15.9. The van der Waals surface area contributed by atoms with E-state index in [1.807, 2.05) is 12.1 Å². The zero-order chi connectivity index (χ0) is 15.4. The van der Waals surface area contributed by atoms with Crippen molar-refractivity contribution in [3.8, 4) is 0 Å². The minimum atomic E-state index is 0.124. The molecule has 0 aliphatic rings. The molecule has 2 aromatic rings. The summed E-state index contributed by atoms with van der Waals surface area (Å²) in [4.78, 5) is 2.36. The van der Waals surface area contributed by atoms with Gasteiger partial charge in [-0.1, -0.05) is 30.7 Å². The second kappa shape index (κ2) is 7.41. The van der Waals surface area contributed by atoms with Gasteiger partial charge < -0.3 is 5.73 Å². The molecule has 0 spiro atoms. The first-order valence-corrected chi connectivity index (χ1v) is 8.61. The molecule has 21 heavy (non-hydrogen) atoms. The quantitative estimate of drug-likeness (QED) is 0.821. The Balaban J connectivity index is 2.25. The van der Waals surface area contributed by atoms with Crippen molar-refractivity contribution in [3.63, 3.8) is 0 Å². The van der Waals surface area contributed by atoms with Crippen LogP contribution < -0.4 is 5.73 Å². The monoisotopic (exact) mass is 322 g/mol. The number of likely N-dealkylation sites (N-methyl/N-ethyl adjacent to an activating group) is 1. The summed E-state index contributed by atoms with van der Waals surface area (Å²) in [6.07, 6.45) is 0.957. The lowest BCUT2D eigenvalue weighted by atomic mass is 9.96. The van der Waals surface area contributed by atoms with Crippen molar-refractivity contribution in [2.75, 3.05) is 7.05 Å². The second-order valence-electron chi connectivity index (χ2n) is 5.47. The first kappa shape index (κ1) is 16.5. The van der Waals surface area contributed by atoms with Crippen LogP contribution in [0.15, 0.2) is 41.1 Å². The van der Waals surface area contributed by atoms with Gasteiger partial charge in [0.25, 0.3) is 0 Å². The molecule has 0 saturated heterocycles. The summed E-state index contributed by atoms with van der Waals surface area (Å²) < 4.78 is 0. The molecule has 0 bridgehead atoms. The highest BCUT2D eigenvalue weighted by atomic mass is 35.5. The third-order valence-electron chi connectivity index (χ3n) is 4.16. The molecule has 2 N–H and O–H groups in total. The molecule has 0 saturated carbocycles. The Hall–Kier alpha value is -0.870. The Bertz CT molecular complexity index is 538. The summed E-state index contributed by atoms with van der Waals surface area (Å²) in [6, 6.07) is 10.9. The van der Waals surface area contributed by atoms with Gasteiger partial charge in [0, 0.05) is 17.1 Å². The summed E-state index contributed by atoms with van der Waals surface area (Å²) in [7, 11) is 2.15. The van der Waals surface area contributed by atoms with Crippen LogP contribution in [0.4, 0.5) is 0 Å². The second-order valence-corrected chi connectivity index (χ2v) is 6.68. The number of hydrogen-bond acceptors (Lipinski definition) is 3. The van der Waals surface area contributed by atoms with Gasteiger partial charge >= 0.3 is 0 Å². The van der Waals surface area contributed by atoms with E-state index in [0.29, 0.717) is 0 Å². The van der Waals surface area contributed by atoms with E-state index < -0.39 is 0 Å². The van der Waals surface area contributed by atoms with E-state index in [2.05, 4.69) is 54.8 Å². The molecule has 114 valence electrons. The lowest BCUT2D eigenvalue weighted by molar-refractivity contribution is 0.159. The number of rotatable bonds is 6. The van der Waals surface area contributed by atoms with Gasteiger partial charge in [0.1, 0.15) is 0 Å². The fraction of sp³-hybridized carbons (Fsp3) is 0.412. The third kappa shape index (κ3) is 3.86. The van der Waals surface area contributed by atoms with Gasteiger partial charge in [-0.05, 0) is 60.5 Å². The van der Waals surface area contributed by atoms with Gasteiger partial charge in [-0.15, -0.1) is 0 Å². The summed E-state index contributed by atoms with van der Waals surface area (Å²) in [5, 5.41) is 5.09. The van der Waals surface area contributed by atoms with E-state index in [0.717, 1.165) is 11.4 Å². The number of hydrogen-bond donors (Lipinski definition) is 1. The molecule has 0 amide bonds. The topological polar surface area (TPSA) is 29.3 Å². The fourth-order valence-corrected chi connectivity index (χ4v) is 3.48. The average molecular weight is 323 g/mol. The maximum Gasteiger partial charge on any atom is 0.0510 e. The largest absolute Gasteiger partial charge is 0.326 e. The Morgan fingerprint density at radius 3 is 2.38 bits per heavy atom. The van der Waals surface area contributed by atoms with E-state index in [1.165, 1.54) is 11.1 Å². The highest BCUT2D eigenvalue weighted by molar-refractivity contribution is 7.07. The van der Waals surface area contributed by atoms with Crippen molar-refractivity contribution in [1.29, 1.82) is 0 Å². The predicted octanol–water partition coefficient (Wildman–Crippen LogP) is 4.87. The summed E-state index contributed by atoms with van der Waals surface area (Å²) in [5.74, 6) is 0. The molecule has 0 aliphatic carbocycles. The number of thiophene rings is 1. The average Bonchev–Trinajstić information content (AvgIpc) is 3.01. The van der Waals surface area contributed by atoms with Gasteiger partial charge in [-0.25, -0.2) is 0 Å². The minimum absolute atomic E-state index is 0.124. The fourth-order valence-electron chi connectivity index (χ4n) is 2.67. The van der Waals surface area contributed by atoms with Crippen LogP contribution >= 0.6 is 22.9 Å². The molecule has 1 heterocycles. The Kier molecular flexibility index (Phi) is 5.82. The molecule has 2 rings (SSSR count). The molecule has 3 unspecified atom stereocenters. The van der Waals surface area contributed by atoms with Crippen LogP contribution in [0.1, 0.15) is 43.5 Å². The van der Waals surface area contributed by atoms with Crippen LogP contribution in [-0.4, -0.2) is 18.0 Å². The van der Waals surface area contributed by atoms with Crippen LogP contribution in [-0.2, 0) is 0 Å². The van der Waals surface area contributed by atoms with Crippen molar-refractivity contribution in [2.24, 2.45) is 5.73 Å². The van der Waals surface area contributed by atoms with Crippen LogP contribution in [0.3, 0.4) is 0 Å². The molecule has 0 fully saturated rings. The summed E-state index contributed by atoms with van der Waals surface area (Å²) in [5.41, 5.74) is 8.95. The van der Waals surface area contributed by atoms with Crippen molar-refractivity contribution in [1.82, 2.24) is 4.90 Å². The van der Waals surface area contributed by atoms with E-state index in [4.69, 9.17) is 17.3 Å². The van der Waals surface area contributed by atoms with Crippen LogP contribution in [0.25, 0.3) is 0 Å². The van der Waals surface area contributed by atoms with Gasteiger partial charge in [-0.3, -0.25) is 4.90 Å². The van der Waals surface area contributed by atoms with Crippen molar-refractivity contribution in [3.05, 3.63) is 57.2 Å². The number of benzene rings is 1. The minimum Gasteiger partial charge on any atom is -0.326 e. The van der Waals surface area contributed by atoms with Gasteiger partial charge in [0.2, 0.25) is 0 Å². The van der Waals surface area contributed by atoms with E-state index in [1.54, 1.807) is 11.3 Å². The molecule has 1 aromatic carbocycles. The van der Waals surface area contributed by atoms with Crippen molar-refractivity contribution < 1.29 is 0 Å². The first-order chi connectivity index (χ1) is 10.0. The van der Waals surface area contributed by atoms with Gasteiger partial charge in [0.05, 0.1) is 6.04 Å². The molecule has 4 heteroatoms. The van der Waals surface area contributed by atoms with Crippen LogP contribution in [0.2, 0.25) is 5.02 Å². The maximum atomic E-state index is 6.39. The Labute approximate surface area is 136 Å². The number of nitrogens with zero attached hydrogens (tertiary/aromatic N) is 1. The number of nitrogens with two attached hydrogens (primary N) is 1. The van der Waals surface area contributed by atoms with E-state index >= 15 is 0 Å². The first-order valence-electron chi connectivity index (χ1n) is 7.29. The summed E-state index contributed by atoms with van der Waals surface area (Å²) >= 11 is 7.70. The van der Waals surface area contributed by atoms with E-state index in [-0.39, 0.29) is 18.1 Å². The molecule has 0 radical (unpaired) electrons. The van der Waals surface area contributed by atoms with Crippen LogP contribution in [0.5, 0.6) is 0 Å². The standard InChI is InChI=1S/C17H23ClN2S/c1-4-16(19)17(14-9-10-21-11-14)20(3)12(2)13-5-7-15(18)8-6-13/h5-12,16-17H,4,19H2,1-3H3. The van der Waals surface area contributed by atoms with Crippen LogP contribution in [0, 0.1) is 0 Å². The smallest absolute Gasteiger partial charge is 0.0510 e. The Morgan fingerprint density at radius 1 is 1.19 bits per heavy atom. The molecule has 0 aliphatic heterocycles. The zero-order valence-electron chi connectivity index (χ0n) is 12.8. The Morgan fingerprint density at radius 2 is 1.86 bits per heavy atom. The van der Waals surface area contributed by atoms with Crippen molar-refractivity contribution >= 4 is 22.9 Å².